The average molecular weight is 365 g/mol. The lowest BCUT2D eigenvalue weighted by atomic mass is 10.0. The number of thiocarbonyl (C=S) groups is 1. The molecule has 0 aliphatic heterocycles. The molecule has 2 nitrogen and oxygen atoms in total. The van der Waals surface area contributed by atoms with E-state index in [1.54, 1.807) is 11.3 Å². The van der Waals surface area contributed by atoms with E-state index in [9.17, 15) is 0 Å². The Balaban J connectivity index is 2.04. The Kier molecular flexibility index (Phi) is 7.92. The number of thioether (sulfide) groups is 1. The highest BCUT2D eigenvalue weighted by atomic mass is 32.2. The Hall–Kier alpha value is -1.04. The zero-order valence-electron chi connectivity index (χ0n) is 13.7. The summed E-state index contributed by atoms with van der Waals surface area (Å²) in [6.07, 6.45) is 4.31. The summed E-state index contributed by atoms with van der Waals surface area (Å²) in [6, 6.07) is 13.2. The van der Waals surface area contributed by atoms with Crippen LogP contribution in [0, 0.1) is 0 Å². The standard InChI is InChI=1S/C18H24N2S3/c1-3-14-7-9-15(10-8-14)17(16-6-4-13-23-16)20-18(21)19-11-5-12-22-2/h4,6-10,13,17H,3,5,11-12H2,1-2H3,(H2,19,20,21)/t17-/m1/s1. The van der Waals surface area contributed by atoms with Crippen molar-refractivity contribution in [3.63, 3.8) is 0 Å². The molecule has 0 unspecified atom stereocenters. The summed E-state index contributed by atoms with van der Waals surface area (Å²) in [5, 5.41) is 9.62. The van der Waals surface area contributed by atoms with Gasteiger partial charge in [-0.05, 0) is 59.6 Å². The second-order valence-electron chi connectivity index (χ2n) is 5.29. The number of hydrogen-bond donors (Lipinski definition) is 2. The van der Waals surface area contributed by atoms with E-state index in [1.165, 1.54) is 16.0 Å². The predicted octanol–water partition coefficient (Wildman–Crippen LogP) is 4.62. The molecule has 0 bridgehead atoms. The summed E-state index contributed by atoms with van der Waals surface area (Å²) < 4.78 is 0. The topological polar surface area (TPSA) is 24.1 Å². The summed E-state index contributed by atoms with van der Waals surface area (Å²) in [6.45, 7) is 3.09. The van der Waals surface area contributed by atoms with E-state index in [4.69, 9.17) is 12.2 Å². The maximum absolute atomic E-state index is 5.48. The summed E-state index contributed by atoms with van der Waals surface area (Å²) in [5.74, 6) is 1.16. The molecule has 5 heteroatoms. The fourth-order valence-corrected chi connectivity index (χ4v) is 3.78. The van der Waals surface area contributed by atoms with Crippen molar-refractivity contribution in [2.45, 2.75) is 25.8 Å². The quantitative estimate of drug-likeness (QED) is 0.527. The maximum Gasteiger partial charge on any atom is 0.167 e. The zero-order valence-corrected chi connectivity index (χ0v) is 16.1. The van der Waals surface area contributed by atoms with E-state index < -0.39 is 0 Å². The molecule has 0 spiro atoms. The second-order valence-corrected chi connectivity index (χ2v) is 7.66. The minimum absolute atomic E-state index is 0.112. The van der Waals surface area contributed by atoms with Crippen molar-refractivity contribution in [3.8, 4) is 0 Å². The Morgan fingerprint density at radius 1 is 1.26 bits per heavy atom. The first-order chi connectivity index (χ1) is 11.2. The third kappa shape index (κ3) is 5.83. The third-order valence-corrected chi connectivity index (χ3v) is 5.53. The fraction of sp³-hybridized carbons (Fsp3) is 0.389. The van der Waals surface area contributed by atoms with Gasteiger partial charge in [0.05, 0.1) is 6.04 Å². The maximum atomic E-state index is 5.48. The van der Waals surface area contributed by atoms with E-state index in [2.05, 4.69) is 65.6 Å². The normalized spacial score (nSPS) is 11.9. The van der Waals surface area contributed by atoms with E-state index in [0.29, 0.717) is 0 Å². The number of aryl methyl sites for hydroxylation is 1. The van der Waals surface area contributed by atoms with Crippen molar-refractivity contribution in [2.24, 2.45) is 0 Å². The summed E-state index contributed by atoms with van der Waals surface area (Å²) >= 11 is 9.10. The van der Waals surface area contributed by atoms with Gasteiger partial charge < -0.3 is 10.6 Å². The molecule has 1 heterocycles. The molecule has 1 aromatic heterocycles. The Morgan fingerprint density at radius 3 is 2.65 bits per heavy atom. The van der Waals surface area contributed by atoms with Gasteiger partial charge in [0, 0.05) is 11.4 Å². The molecule has 2 aromatic rings. The SMILES string of the molecule is CCc1ccc([C@@H](NC(=S)NCCCSC)c2cccs2)cc1. The van der Waals surface area contributed by atoms with Crippen molar-refractivity contribution in [1.29, 1.82) is 0 Å². The molecule has 0 aliphatic carbocycles. The van der Waals surface area contributed by atoms with Gasteiger partial charge in [-0.15, -0.1) is 11.3 Å². The van der Waals surface area contributed by atoms with Gasteiger partial charge in [0.15, 0.2) is 5.11 Å². The van der Waals surface area contributed by atoms with Crippen LogP contribution in [0.4, 0.5) is 0 Å². The van der Waals surface area contributed by atoms with Gasteiger partial charge in [-0.25, -0.2) is 0 Å². The lowest BCUT2D eigenvalue weighted by Crippen LogP contribution is -2.38. The lowest BCUT2D eigenvalue weighted by molar-refractivity contribution is 0.740. The molecular weight excluding hydrogens is 340 g/mol. The second kappa shape index (κ2) is 9.96. The minimum atomic E-state index is 0.112. The summed E-state index contributed by atoms with van der Waals surface area (Å²) in [4.78, 5) is 1.28. The molecule has 2 N–H and O–H groups in total. The van der Waals surface area contributed by atoms with E-state index in [1.807, 2.05) is 11.8 Å². The largest absolute Gasteiger partial charge is 0.363 e. The van der Waals surface area contributed by atoms with Crippen LogP contribution < -0.4 is 10.6 Å². The molecule has 0 fully saturated rings. The Bertz CT molecular complexity index is 579. The van der Waals surface area contributed by atoms with Crippen LogP contribution in [-0.4, -0.2) is 23.7 Å². The number of nitrogens with one attached hydrogen (secondary N) is 2. The monoisotopic (exact) mass is 364 g/mol. The highest BCUT2D eigenvalue weighted by Crippen LogP contribution is 2.26. The average Bonchev–Trinajstić information content (AvgIpc) is 3.11. The first-order valence-corrected chi connectivity index (χ1v) is 10.6. The highest BCUT2D eigenvalue weighted by Gasteiger charge is 2.16. The zero-order chi connectivity index (χ0) is 16.5. The molecule has 1 atom stereocenters. The fourth-order valence-electron chi connectivity index (χ4n) is 2.32. The molecule has 124 valence electrons. The van der Waals surface area contributed by atoms with Crippen LogP contribution in [0.5, 0.6) is 0 Å². The van der Waals surface area contributed by atoms with Gasteiger partial charge in [-0.2, -0.15) is 11.8 Å². The van der Waals surface area contributed by atoms with Gasteiger partial charge in [0.25, 0.3) is 0 Å². The molecule has 0 aliphatic rings. The predicted molar refractivity (Wildman–Crippen MR) is 109 cm³/mol. The van der Waals surface area contributed by atoms with Crippen LogP contribution >= 0.6 is 35.3 Å². The van der Waals surface area contributed by atoms with Crippen molar-refractivity contribution in [3.05, 3.63) is 57.8 Å². The van der Waals surface area contributed by atoms with Gasteiger partial charge in [-0.1, -0.05) is 37.3 Å². The van der Waals surface area contributed by atoms with E-state index >= 15 is 0 Å². The smallest absolute Gasteiger partial charge is 0.167 e. The van der Waals surface area contributed by atoms with Crippen molar-refractivity contribution in [2.75, 3.05) is 18.6 Å². The van der Waals surface area contributed by atoms with Crippen molar-refractivity contribution in [1.82, 2.24) is 10.6 Å². The Labute approximate surface area is 153 Å². The third-order valence-electron chi connectivity index (χ3n) is 3.64. The van der Waals surface area contributed by atoms with Gasteiger partial charge in [0.1, 0.15) is 0 Å². The molecule has 2 rings (SSSR count). The highest BCUT2D eigenvalue weighted by molar-refractivity contribution is 7.98. The minimum Gasteiger partial charge on any atom is -0.363 e. The Morgan fingerprint density at radius 2 is 2.04 bits per heavy atom. The van der Waals surface area contributed by atoms with Crippen LogP contribution in [0.1, 0.15) is 35.4 Å². The van der Waals surface area contributed by atoms with Gasteiger partial charge in [0.2, 0.25) is 0 Å². The summed E-state index contributed by atoms with van der Waals surface area (Å²) in [5.41, 5.74) is 2.61. The number of benzene rings is 1. The first kappa shape index (κ1) is 18.3. The van der Waals surface area contributed by atoms with Crippen molar-refractivity contribution < 1.29 is 0 Å². The van der Waals surface area contributed by atoms with Gasteiger partial charge in [-0.3, -0.25) is 0 Å². The van der Waals surface area contributed by atoms with Crippen LogP contribution in [0.15, 0.2) is 41.8 Å². The van der Waals surface area contributed by atoms with Crippen molar-refractivity contribution >= 4 is 40.4 Å². The number of hydrogen-bond acceptors (Lipinski definition) is 3. The summed E-state index contributed by atoms with van der Waals surface area (Å²) in [7, 11) is 0. The number of thiophene rings is 1. The molecule has 0 saturated carbocycles. The molecule has 0 radical (unpaired) electrons. The van der Waals surface area contributed by atoms with Crippen LogP contribution in [-0.2, 0) is 6.42 Å². The molecule has 23 heavy (non-hydrogen) atoms. The molecular formula is C18H24N2S3. The molecule has 1 aromatic carbocycles. The van der Waals surface area contributed by atoms with E-state index in [0.717, 1.165) is 30.3 Å². The van der Waals surface area contributed by atoms with E-state index in [-0.39, 0.29) is 6.04 Å². The number of rotatable bonds is 8. The molecule has 0 saturated heterocycles. The lowest BCUT2D eigenvalue weighted by Gasteiger charge is -2.21. The van der Waals surface area contributed by atoms with Crippen LogP contribution in [0.3, 0.4) is 0 Å². The molecule has 0 amide bonds. The van der Waals surface area contributed by atoms with Crippen LogP contribution in [0.25, 0.3) is 0 Å². The first-order valence-electron chi connectivity index (χ1n) is 7.90. The van der Waals surface area contributed by atoms with Crippen LogP contribution in [0.2, 0.25) is 0 Å². The van der Waals surface area contributed by atoms with Gasteiger partial charge >= 0.3 is 0 Å².